The predicted octanol–water partition coefficient (Wildman–Crippen LogP) is 10.7. The molecule has 8 rings (SSSR count). The molecule has 0 N–H and O–H groups in total. The van der Waals surface area contributed by atoms with Crippen molar-refractivity contribution in [3.05, 3.63) is 30.4 Å². The Kier molecular flexibility index (Phi) is 13.5. The van der Waals surface area contributed by atoms with Gasteiger partial charge in [-0.2, -0.15) is 0 Å². The van der Waals surface area contributed by atoms with Crippen LogP contribution in [0.3, 0.4) is 0 Å². The van der Waals surface area contributed by atoms with Gasteiger partial charge >= 0.3 is 5.97 Å². The summed E-state index contributed by atoms with van der Waals surface area (Å²) in [6, 6.07) is 0.0735. The number of aldehydes is 1. The number of esters is 1. The third kappa shape index (κ3) is 7.83. The highest BCUT2D eigenvalue weighted by Gasteiger charge is 2.66. The zero-order valence-corrected chi connectivity index (χ0v) is 38.2. The lowest BCUT2D eigenvalue weighted by atomic mass is 9.37. The summed E-state index contributed by atoms with van der Waals surface area (Å²) in [5.74, 6) is 4.97. The molecular formula is C51H84N4O4. The third-order valence-electron chi connectivity index (χ3n) is 18.2. The summed E-state index contributed by atoms with van der Waals surface area (Å²) in [4.78, 5) is 49.8. The molecule has 1 aliphatic heterocycles. The van der Waals surface area contributed by atoms with Crippen LogP contribution < -0.4 is 0 Å². The van der Waals surface area contributed by atoms with E-state index in [0.29, 0.717) is 53.3 Å². The normalized spacial score (nSPS) is 41.1. The van der Waals surface area contributed by atoms with Crippen LogP contribution in [0.2, 0.25) is 0 Å². The van der Waals surface area contributed by atoms with E-state index >= 15 is 4.79 Å². The maximum atomic E-state index is 15.3. The van der Waals surface area contributed by atoms with E-state index in [1.54, 1.807) is 6.08 Å². The maximum absolute atomic E-state index is 15.3. The number of hydrogen-bond donors (Lipinski definition) is 0. The Hall–Kier alpha value is -2.48. The van der Waals surface area contributed by atoms with Crippen molar-refractivity contribution in [3.8, 4) is 0 Å². The number of rotatable bonds is 8. The van der Waals surface area contributed by atoms with Gasteiger partial charge in [-0.15, -0.1) is 6.58 Å². The van der Waals surface area contributed by atoms with E-state index < -0.39 is 0 Å². The predicted molar refractivity (Wildman–Crippen MR) is 239 cm³/mol. The van der Waals surface area contributed by atoms with Crippen LogP contribution in [-0.2, 0) is 31.1 Å². The molecule has 0 spiro atoms. The van der Waals surface area contributed by atoms with Crippen LogP contribution in [0.5, 0.6) is 0 Å². The molecule has 59 heavy (non-hydrogen) atoms. The molecule has 0 bridgehead atoms. The van der Waals surface area contributed by atoms with Crippen molar-refractivity contribution in [2.45, 2.75) is 177 Å². The minimum Gasteiger partial charge on any atom is -0.462 e. The molecular weight excluding hydrogens is 733 g/mol. The molecule has 1 aromatic rings. The maximum Gasteiger partial charge on any atom is 0.309 e. The molecule has 6 saturated carbocycles. The zero-order valence-electron chi connectivity index (χ0n) is 38.2. The smallest absolute Gasteiger partial charge is 0.309 e. The summed E-state index contributed by atoms with van der Waals surface area (Å²) in [5, 5.41) is 0. The molecule has 2 heterocycles. The van der Waals surface area contributed by atoms with Crippen molar-refractivity contribution in [1.29, 1.82) is 0 Å². The highest BCUT2D eigenvalue weighted by atomic mass is 16.5. The third-order valence-corrected chi connectivity index (χ3v) is 18.2. The van der Waals surface area contributed by atoms with E-state index in [1.165, 1.54) is 44.9 Å². The average Bonchev–Trinajstić information content (AvgIpc) is 3.93. The Balaban J connectivity index is 0.00000142. The van der Waals surface area contributed by atoms with Gasteiger partial charge in [0.15, 0.2) is 0 Å². The number of ether oxygens (including phenoxy) is 1. The largest absolute Gasteiger partial charge is 0.462 e. The standard InChI is InChI=1S/C47H74N4O4.C3H6.CH4/c1-29-31(28-52)26-33(29)42(53)55-38-18-21-45(6)34(30(38)2)16-20-46(7)35-17-22-47(19-10-12-36(47)32(35)14-15-39(45)46)43(54)51-23-11-13-37(51)41-48-40(44(3,4)5)27-50(41)25-24-49(8)9;1-3-2;/h27-39H,10-26H2,1-9H3;3H,1H2,2H3;1H4. The van der Waals surface area contributed by atoms with Gasteiger partial charge in [-0.25, -0.2) is 4.98 Å². The summed E-state index contributed by atoms with van der Waals surface area (Å²) < 4.78 is 8.70. The molecule has 1 saturated heterocycles. The zero-order chi connectivity index (χ0) is 41.9. The van der Waals surface area contributed by atoms with Crippen molar-refractivity contribution in [2.24, 2.45) is 69.5 Å². The van der Waals surface area contributed by atoms with Crippen LogP contribution in [0.4, 0.5) is 0 Å². The summed E-state index contributed by atoms with van der Waals surface area (Å²) in [5.41, 5.74) is 1.45. The minimum atomic E-state index is -0.206. The van der Waals surface area contributed by atoms with Gasteiger partial charge in [0.05, 0.1) is 23.1 Å². The lowest BCUT2D eigenvalue weighted by Crippen LogP contribution is -2.62. The average molecular weight is 817 g/mol. The molecule has 14 atom stereocenters. The first-order chi connectivity index (χ1) is 27.4. The van der Waals surface area contributed by atoms with Gasteiger partial charge in [0, 0.05) is 37.2 Å². The van der Waals surface area contributed by atoms with E-state index in [2.05, 4.69) is 82.8 Å². The van der Waals surface area contributed by atoms with Gasteiger partial charge in [0.1, 0.15) is 18.2 Å². The van der Waals surface area contributed by atoms with Gasteiger partial charge in [0.25, 0.3) is 0 Å². The van der Waals surface area contributed by atoms with E-state index in [4.69, 9.17) is 9.72 Å². The first-order valence-electron chi connectivity index (χ1n) is 23.7. The highest BCUT2D eigenvalue weighted by molar-refractivity contribution is 5.84. The number of allylic oxidation sites excluding steroid dienone is 1. The van der Waals surface area contributed by atoms with Gasteiger partial charge in [-0.1, -0.05) is 68.4 Å². The van der Waals surface area contributed by atoms with Gasteiger partial charge in [-0.05, 0) is 157 Å². The van der Waals surface area contributed by atoms with Crippen molar-refractivity contribution < 1.29 is 19.1 Å². The summed E-state index contributed by atoms with van der Waals surface area (Å²) in [6.07, 6.45) is 20.6. The van der Waals surface area contributed by atoms with Gasteiger partial charge < -0.3 is 23.9 Å². The molecule has 0 radical (unpaired) electrons. The second kappa shape index (κ2) is 17.4. The lowest BCUT2D eigenvalue weighted by molar-refractivity contribution is -0.206. The van der Waals surface area contributed by atoms with E-state index in [9.17, 15) is 9.59 Å². The Morgan fingerprint density at radius 3 is 2.27 bits per heavy atom. The summed E-state index contributed by atoms with van der Waals surface area (Å²) in [7, 11) is 4.27. The Bertz CT molecular complexity index is 1680. The van der Waals surface area contributed by atoms with Crippen LogP contribution >= 0.6 is 0 Å². The molecule has 14 unspecified atom stereocenters. The number of carbonyl (C=O) groups is 3. The second-order valence-corrected chi connectivity index (χ2v) is 22.4. The lowest BCUT2D eigenvalue weighted by Gasteiger charge is -2.67. The molecule has 7 fully saturated rings. The van der Waals surface area contributed by atoms with Gasteiger partial charge in [0.2, 0.25) is 5.91 Å². The van der Waals surface area contributed by atoms with Crippen molar-refractivity contribution in [1.82, 2.24) is 19.4 Å². The molecule has 7 aliphatic rings. The summed E-state index contributed by atoms with van der Waals surface area (Å²) >= 11 is 0. The fourth-order valence-corrected chi connectivity index (χ4v) is 15.0. The number of amides is 1. The Labute approximate surface area is 359 Å². The fraction of sp³-hybridized carbons (Fsp3) is 0.843. The van der Waals surface area contributed by atoms with Crippen LogP contribution in [-0.4, -0.2) is 70.8 Å². The number of carbonyl (C=O) groups excluding carboxylic acids is 3. The van der Waals surface area contributed by atoms with Crippen molar-refractivity contribution in [2.75, 3.05) is 27.2 Å². The number of likely N-dealkylation sites (N-methyl/N-ethyl adjacent to an activating group) is 1. The van der Waals surface area contributed by atoms with Crippen LogP contribution in [0.15, 0.2) is 18.9 Å². The van der Waals surface area contributed by atoms with Crippen LogP contribution in [0.1, 0.15) is 170 Å². The first-order valence-corrected chi connectivity index (χ1v) is 23.7. The van der Waals surface area contributed by atoms with E-state index in [1.807, 2.05) is 13.8 Å². The number of hydrogen-bond acceptors (Lipinski definition) is 6. The first kappa shape index (κ1) is 46.0. The molecule has 1 amide bonds. The number of imidazole rings is 1. The van der Waals surface area contributed by atoms with Gasteiger partial charge in [-0.3, -0.25) is 9.59 Å². The Morgan fingerprint density at radius 1 is 0.932 bits per heavy atom. The number of fused-ring (bicyclic) bond motifs is 7. The van der Waals surface area contributed by atoms with Crippen LogP contribution in [0.25, 0.3) is 0 Å². The van der Waals surface area contributed by atoms with E-state index in [-0.39, 0.29) is 59.5 Å². The second-order valence-electron chi connectivity index (χ2n) is 22.4. The molecule has 1 aromatic heterocycles. The summed E-state index contributed by atoms with van der Waals surface area (Å²) in [6.45, 7) is 24.4. The molecule has 6 aliphatic carbocycles. The monoisotopic (exact) mass is 817 g/mol. The van der Waals surface area contributed by atoms with Crippen LogP contribution in [0, 0.1) is 69.5 Å². The van der Waals surface area contributed by atoms with Crippen molar-refractivity contribution in [3.63, 3.8) is 0 Å². The molecule has 8 heteroatoms. The quantitative estimate of drug-likeness (QED) is 0.148. The molecule has 332 valence electrons. The molecule has 8 nitrogen and oxygen atoms in total. The number of nitrogens with zero attached hydrogens (tertiary/aromatic N) is 4. The minimum absolute atomic E-state index is 0. The number of likely N-dealkylation sites (tertiary alicyclic amines) is 1. The SMILES string of the molecule is C.C=CC.CC1C(C=O)CC1C(=O)OC1CCC2(C)C(CCC3(C)C4CCC5(C(=O)N6CCCC6c6nc(C(C)(C)C)cn6CCN(C)C)CCCC5C4CCC23)C1C. The van der Waals surface area contributed by atoms with E-state index in [0.717, 1.165) is 76.0 Å². The highest BCUT2D eigenvalue weighted by Crippen LogP contribution is 2.72. The topological polar surface area (TPSA) is 84.7 Å². The number of aromatic nitrogens is 2. The molecule has 0 aromatic carbocycles. The fourth-order valence-electron chi connectivity index (χ4n) is 15.0. The van der Waals surface area contributed by atoms with Crippen molar-refractivity contribution >= 4 is 18.2 Å². The Morgan fingerprint density at radius 2 is 1.61 bits per heavy atom.